The average molecular weight is 1110 g/mol. The van der Waals surface area contributed by atoms with Crippen LogP contribution in [0.1, 0.15) is 380 Å². The highest BCUT2D eigenvalue weighted by atomic mass is 16.5. The third-order valence-electron chi connectivity index (χ3n) is 16.3. The number of aliphatic hydroxyl groups excluding tert-OH is 2. The van der Waals surface area contributed by atoms with E-state index in [1.165, 1.54) is 302 Å². The molecule has 0 bridgehead atoms. The zero-order valence-electron chi connectivity index (χ0n) is 53.1. The second-order valence-corrected chi connectivity index (χ2v) is 24.2. The Bertz CT molecular complexity index is 1320. The number of allylic oxidation sites excluding steroid dienone is 7. The minimum atomic E-state index is -0.848. The number of unbranched alkanes of at least 4 members (excludes halogenated alkanes) is 49. The summed E-state index contributed by atoms with van der Waals surface area (Å²) in [5.74, 6) is -0.0626. The molecule has 2 unspecified atom stereocenters. The first-order valence-corrected chi connectivity index (χ1v) is 35.4. The Morgan fingerprint density at radius 1 is 0.354 bits per heavy atom. The van der Waals surface area contributed by atoms with Gasteiger partial charge in [-0.15, -0.1) is 0 Å². The minimum Gasteiger partial charge on any atom is -0.466 e. The second kappa shape index (κ2) is 68.3. The topological polar surface area (TPSA) is 95.9 Å². The molecule has 3 N–H and O–H groups in total. The third kappa shape index (κ3) is 64.8. The van der Waals surface area contributed by atoms with E-state index < -0.39 is 12.1 Å². The number of esters is 1. The van der Waals surface area contributed by atoms with Gasteiger partial charge in [0.25, 0.3) is 0 Å². The summed E-state index contributed by atoms with van der Waals surface area (Å²) in [6.45, 7) is 4.91. The molecule has 2 atom stereocenters. The first kappa shape index (κ1) is 76.8. The van der Waals surface area contributed by atoms with Crippen LogP contribution in [0.15, 0.2) is 48.6 Å². The van der Waals surface area contributed by atoms with E-state index in [-0.39, 0.29) is 18.5 Å². The number of carbonyl (C=O) groups excluding carboxylic acids is 2. The molecule has 6 nitrogen and oxygen atoms in total. The van der Waals surface area contributed by atoms with Gasteiger partial charge in [0.05, 0.1) is 25.4 Å². The van der Waals surface area contributed by atoms with Crippen molar-refractivity contribution in [2.75, 3.05) is 13.2 Å². The van der Waals surface area contributed by atoms with Crippen molar-refractivity contribution >= 4 is 11.9 Å². The van der Waals surface area contributed by atoms with Crippen molar-refractivity contribution in [1.82, 2.24) is 5.32 Å². The van der Waals surface area contributed by atoms with Gasteiger partial charge in [0.15, 0.2) is 0 Å². The number of nitrogens with one attached hydrogen (secondary N) is 1. The maximum absolute atomic E-state index is 12.5. The third-order valence-corrected chi connectivity index (χ3v) is 16.3. The summed E-state index contributed by atoms with van der Waals surface area (Å²) in [5, 5.41) is 23.2. The summed E-state index contributed by atoms with van der Waals surface area (Å²) in [7, 11) is 0. The van der Waals surface area contributed by atoms with E-state index >= 15 is 0 Å². The standard InChI is InChI=1S/C73H137NO5/c1-3-5-7-9-11-13-15-17-19-21-30-33-37-41-45-49-53-57-61-65-71(76)70(69-75)74-72(77)66-62-58-54-50-46-42-38-34-31-28-26-24-23-25-27-29-32-36-40-44-48-52-56-60-64-68-79-73(78)67-63-59-55-51-47-43-39-35-22-20-18-16-14-12-10-8-6-4-2/h14,16,20,22,24,26,61,65,70-71,75-76H,3-13,15,17-19,21,23,25,27-60,62-64,66-69H2,1-2H3,(H,74,77)/b16-14-,22-20-,26-24-,65-61+. The van der Waals surface area contributed by atoms with Gasteiger partial charge < -0.3 is 20.3 Å². The van der Waals surface area contributed by atoms with Crippen LogP contribution in [0.25, 0.3) is 0 Å². The van der Waals surface area contributed by atoms with Gasteiger partial charge >= 0.3 is 5.97 Å². The van der Waals surface area contributed by atoms with Crippen LogP contribution in [0.2, 0.25) is 0 Å². The molecule has 0 aliphatic rings. The van der Waals surface area contributed by atoms with E-state index in [2.05, 4.69) is 55.6 Å². The molecule has 0 rings (SSSR count). The summed E-state index contributed by atoms with van der Waals surface area (Å²) in [6.07, 6.45) is 88.9. The number of hydrogen-bond acceptors (Lipinski definition) is 5. The largest absolute Gasteiger partial charge is 0.466 e. The summed E-state index contributed by atoms with van der Waals surface area (Å²) in [5.41, 5.74) is 0. The molecular weight excluding hydrogens is 971 g/mol. The Kier molecular flexibility index (Phi) is 66.4. The predicted octanol–water partition coefficient (Wildman–Crippen LogP) is 22.9. The number of ether oxygens (including phenoxy) is 1. The molecule has 79 heavy (non-hydrogen) atoms. The summed E-state index contributed by atoms with van der Waals surface area (Å²) in [4.78, 5) is 24.6. The van der Waals surface area contributed by atoms with Crippen LogP contribution >= 0.6 is 0 Å². The van der Waals surface area contributed by atoms with Crippen LogP contribution in [0, 0.1) is 0 Å². The Morgan fingerprint density at radius 2 is 0.633 bits per heavy atom. The van der Waals surface area contributed by atoms with Crippen LogP contribution in [0.3, 0.4) is 0 Å². The number of carbonyl (C=O) groups is 2. The maximum Gasteiger partial charge on any atom is 0.305 e. The fourth-order valence-electron chi connectivity index (χ4n) is 10.9. The van der Waals surface area contributed by atoms with Crippen LogP contribution in [-0.4, -0.2) is 47.4 Å². The normalized spacial score (nSPS) is 12.8. The maximum atomic E-state index is 12.5. The van der Waals surface area contributed by atoms with Gasteiger partial charge in [0.2, 0.25) is 5.91 Å². The monoisotopic (exact) mass is 1110 g/mol. The predicted molar refractivity (Wildman–Crippen MR) is 347 cm³/mol. The van der Waals surface area contributed by atoms with Gasteiger partial charge in [0.1, 0.15) is 0 Å². The zero-order chi connectivity index (χ0) is 57.1. The molecule has 464 valence electrons. The quantitative estimate of drug-likeness (QED) is 0.0320. The lowest BCUT2D eigenvalue weighted by Gasteiger charge is -2.20. The van der Waals surface area contributed by atoms with E-state index in [1.54, 1.807) is 6.08 Å². The first-order valence-electron chi connectivity index (χ1n) is 35.4. The Morgan fingerprint density at radius 3 is 0.987 bits per heavy atom. The number of amides is 1. The van der Waals surface area contributed by atoms with E-state index in [0.29, 0.717) is 19.4 Å². The lowest BCUT2D eigenvalue weighted by molar-refractivity contribution is -0.143. The lowest BCUT2D eigenvalue weighted by Crippen LogP contribution is -2.45. The van der Waals surface area contributed by atoms with Crippen LogP contribution in [0.5, 0.6) is 0 Å². The van der Waals surface area contributed by atoms with Gasteiger partial charge in [-0.2, -0.15) is 0 Å². The molecule has 0 aromatic rings. The lowest BCUT2D eigenvalue weighted by atomic mass is 10.0. The highest BCUT2D eigenvalue weighted by Crippen LogP contribution is 2.18. The van der Waals surface area contributed by atoms with Gasteiger partial charge in [0, 0.05) is 12.8 Å². The molecule has 0 aromatic carbocycles. The van der Waals surface area contributed by atoms with Crippen molar-refractivity contribution in [1.29, 1.82) is 0 Å². The van der Waals surface area contributed by atoms with Crippen molar-refractivity contribution < 1.29 is 24.5 Å². The van der Waals surface area contributed by atoms with Crippen molar-refractivity contribution in [3.8, 4) is 0 Å². The highest BCUT2D eigenvalue weighted by Gasteiger charge is 2.18. The van der Waals surface area contributed by atoms with Crippen LogP contribution < -0.4 is 5.32 Å². The van der Waals surface area contributed by atoms with Gasteiger partial charge in [-0.05, 0) is 89.9 Å². The molecule has 0 aliphatic heterocycles. The van der Waals surface area contributed by atoms with Gasteiger partial charge in [-0.25, -0.2) is 0 Å². The fourth-order valence-corrected chi connectivity index (χ4v) is 10.9. The highest BCUT2D eigenvalue weighted by molar-refractivity contribution is 5.76. The van der Waals surface area contributed by atoms with E-state index in [1.807, 2.05) is 6.08 Å². The van der Waals surface area contributed by atoms with E-state index in [0.717, 1.165) is 51.4 Å². The molecule has 6 heteroatoms. The molecule has 1 amide bonds. The van der Waals surface area contributed by atoms with E-state index in [9.17, 15) is 19.8 Å². The molecule has 0 saturated heterocycles. The average Bonchev–Trinajstić information content (AvgIpc) is 3.45. The molecule has 0 aliphatic carbocycles. The molecule has 0 radical (unpaired) electrons. The molecular formula is C73H137NO5. The number of hydrogen-bond donors (Lipinski definition) is 3. The van der Waals surface area contributed by atoms with Gasteiger partial charge in [-0.3, -0.25) is 9.59 Å². The molecule has 0 heterocycles. The summed E-state index contributed by atoms with van der Waals surface area (Å²) in [6, 6.07) is -0.632. The summed E-state index contributed by atoms with van der Waals surface area (Å²) >= 11 is 0. The smallest absolute Gasteiger partial charge is 0.305 e. The number of rotatable bonds is 66. The molecule has 0 aromatic heterocycles. The Balaban J connectivity index is 3.42. The van der Waals surface area contributed by atoms with Crippen molar-refractivity contribution in [3.63, 3.8) is 0 Å². The van der Waals surface area contributed by atoms with Crippen molar-refractivity contribution in [2.24, 2.45) is 0 Å². The first-order chi connectivity index (χ1) is 39.0. The summed E-state index contributed by atoms with van der Waals surface area (Å²) < 4.78 is 5.50. The van der Waals surface area contributed by atoms with Crippen molar-refractivity contribution in [2.45, 2.75) is 392 Å². The Hall–Kier alpha value is -2.18. The molecule has 0 fully saturated rings. The van der Waals surface area contributed by atoms with E-state index in [4.69, 9.17) is 4.74 Å². The number of aliphatic hydroxyl groups is 2. The minimum absolute atomic E-state index is 0.00590. The second-order valence-electron chi connectivity index (χ2n) is 24.2. The SMILES string of the molecule is CCCCCC/C=C\C/C=C\CCCCCCCCCC(=O)OCCCCCCCCCCCCCC/C=C\CCCCCCCCCCCC(=O)NC(CO)C(O)/C=C/CCCCCCCCCCCCCCCCCCC. The van der Waals surface area contributed by atoms with Crippen molar-refractivity contribution in [3.05, 3.63) is 48.6 Å². The molecule has 0 spiro atoms. The zero-order valence-corrected chi connectivity index (χ0v) is 53.1. The molecule has 0 saturated carbocycles. The fraction of sp³-hybridized carbons (Fsp3) is 0.863. The Labute approximate surface area is 493 Å². The van der Waals surface area contributed by atoms with Crippen LogP contribution in [-0.2, 0) is 14.3 Å². The van der Waals surface area contributed by atoms with Gasteiger partial charge in [-0.1, -0.05) is 326 Å². The van der Waals surface area contributed by atoms with Crippen LogP contribution in [0.4, 0.5) is 0 Å².